The zero-order chi connectivity index (χ0) is 24.2. The molecule has 0 unspecified atom stereocenters. The minimum atomic E-state index is -4.64. The van der Waals surface area contributed by atoms with E-state index in [0.29, 0.717) is 11.5 Å². The van der Waals surface area contributed by atoms with Gasteiger partial charge in [-0.1, -0.05) is 24.2 Å². The minimum absolute atomic E-state index is 0.0480. The lowest BCUT2D eigenvalue weighted by molar-refractivity contribution is -0.137. The number of anilines is 3. The van der Waals surface area contributed by atoms with Gasteiger partial charge < -0.3 is 16.0 Å². The zero-order valence-electron chi connectivity index (χ0n) is 17.3. The quantitative estimate of drug-likeness (QED) is 0.369. The molecule has 0 bridgehead atoms. The number of halogens is 4. The van der Waals surface area contributed by atoms with Crippen LogP contribution in [0.5, 0.6) is 0 Å². The molecule has 0 saturated heterocycles. The lowest BCUT2D eigenvalue weighted by atomic mass is 10.0. The normalized spacial score (nSPS) is 10.9. The second-order valence-corrected chi connectivity index (χ2v) is 7.33. The number of alkyl halides is 3. The van der Waals surface area contributed by atoms with Gasteiger partial charge in [0.05, 0.1) is 10.6 Å². The summed E-state index contributed by atoms with van der Waals surface area (Å²) in [6.45, 7) is 5.15. The number of nitrogens with zero attached hydrogens (tertiary/aromatic N) is 1. The Kier molecular flexibility index (Phi) is 7.03. The molecule has 3 amide bonds. The van der Waals surface area contributed by atoms with Crippen LogP contribution in [0.15, 0.2) is 67.4 Å². The number of carbonyl (C=O) groups is 2. The molecular weight excluding hydrogens is 457 g/mol. The van der Waals surface area contributed by atoms with Crippen LogP contribution in [0.2, 0.25) is 5.02 Å². The number of aryl methyl sites for hydroxylation is 1. The molecule has 33 heavy (non-hydrogen) atoms. The first-order chi connectivity index (χ1) is 15.6. The highest BCUT2D eigenvalue weighted by molar-refractivity contribution is 6.31. The Morgan fingerprint density at radius 2 is 1.73 bits per heavy atom. The second-order valence-electron chi connectivity index (χ2n) is 6.93. The predicted molar refractivity (Wildman–Crippen MR) is 122 cm³/mol. The number of pyridine rings is 1. The van der Waals surface area contributed by atoms with E-state index in [1.807, 2.05) is 6.07 Å². The topological polar surface area (TPSA) is 83.1 Å². The van der Waals surface area contributed by atoms with Crippen molar-refractivity contribution in [3.05, 3.63) is 83.5 Å². The van der Waals surface area contributed by atoms with Crippen LogP contribution in [0.25, 0.3) is 11.1 Å². The Hall–Kier alpha value is -3.85. The average molecular weight is 475 g/mol. The Labute approximate surface area is 192 Å². The molecule has 0 spiro atoms. The van der Waals surface area contributed by atoms with Crippen LogP contribution >= 0.6 is 11.6 Å². The number of aromatic nitrogens is 1. The van der Waals surface area contributed by atoms with E-state index in [9.17, 15) is 22.8 Å². The Bertz CT molecular complexity index is 1210. The van der Waals surface area contributed by atoms with Gasteiger partial charge >= 0.3 is 12.2 Å². The van der Waals surface area contributed by atoms with Crippen LogP contribution in [0.3, 0.4) is 0 Å². The van der Waals surface area contributed by atoms with E-state index < -0.39 is 22.8 Å². The number of amides is 3. The molecule has 2 aromatic carbocycles. The third-order valence-electron chi connectivity index (χ3n) is 4.54. The molecule has 0 saturated carbocycles. The van der Waals surface area contributed by atoms with Gasteiger partial charge in [0.25, 0.3) is 0 Å². The zero-order valence-corrected chi connectivity index (χ0v) is 18.0. The smallest absolute Gasteiger partial charge is 0.308 e. The molecule has 0 aliphatic rings. The van der Waals surface area contributed by atoms with Crippen molar-refractivity contribution in [2.24, 2.45) is 0 Å². The van der Waals surface area contributed by atoms with Crippen molar-refractivity contribution < 1.29 is 22.8 Å². The third-order valence-corrected chi connectivity index (χ3v) is 4.87. The molecule has 3 N–H and O–H groups in total. The summed E-state index contributed by atoms with van der Waals surface area (Å²) >= 11 is 5.60. The largest absolute Gasteiger partial charge is 0.417 e. The van der Waals surface area contributed by atoms with Gasteiger partial charge in [0.1, 0.15) is 5.82 Å². The van der Waals surface area contributed by atoms with Gasteiger partial charge in [0.2, 0.25) is 5.91 Å². The van der Waals surface area contributed by atoms with Gasteiger partial charge in [-0.15, -0.1) is 0 Å². The van der Waals surface area contributed by atoms with Crippen LogP contribution in [-0.4, -0.2) is 16.9 Å². The maximum atomic E-state index is 13.0. The maximum absolute atomic E-state index is 13.0. The van der Waals surface area contributed by atoms with E-state index in [2.05, 4.69) is 27.5 Å². The molecule has 0 radical (unpaired) electrons. The number of nitrogens with one attached hydrogen (secondary N) is 3. The lowest BCUT2D eigenvalue weighted by Gasteiger charge is -2.14. The number of rotatable bonds is 5. The summed E-state index contributed by atoms with van der Waals surface area (Å²) in [5.74, 6) is 0.0132. The van der Waals surface area contributed by atoms with Gasteiger partial charge in [0.15, 0.2) is 0 Å². The second kappa shape index (κ2) is 9.74. The molecule has 0 fully saturated rings. The summed E-state index contributed by atoms with van der Waals surface area (Å²) in [5, 5.41) is 7.08. The molecule has 0 aliphatic heterocycles. The van der Waals surface area contributed by atoms with Crippen LogP contribution in [0, 0.1) is 6.92 Å². The fourth-order valence-corrected chi connectivity index (χ4v) is 3.13. The van der Waals surface area contributed by atoms with Gasteiger partial charge in [-0.05, 0) is 66.6 Å². The standard InChI is InChI=1S/C23H18ClF3N4O2/c1-3-21(32)31-20-9-5-15(12-28-20)14-4-8-19(13(2)10-14)30-22(33)29-16-6-7-18(24)17(11-16)23(25,26)27/h3-12H,1H2,2H3,(H,28,31,32)(H2,29,30,33). The van der Waals surface area contributed by atoms with E-state index in [-0.39, 0.29) is 11.6 Å². The number of benzene rings is 2. The summed E-state index contributed by atoms with van der Waals surface area (Å²) in [6.07, 6.45) is -1.91. The number of hydrogen-bond acceptors (Lipinski definition) is 3. The van der Waals surface area contributed by atoms with Crippen LogP contribution in [-0.2, 0) is 11.0 Å². The summed E-state index contributed by atoms with van der Waals surface area (Å²) < 4.78 is 39.0. The van der Waals surface area contributed by atoms with Crippen molar-refractivity contribution in [2.75, 3.05) is 16.0 Å². The van der Waals surface area contributed by atoms with E-state index >= 15 is 0 Å². The monoisotopic (exact) mass is 474 g/mol. The van der Waals surface area contributed by atoms with E-state index in [4.69, 9.17) is 11.6 Å². The van der Waals surface area contributed by atoms with Gasteiger partial charge in [-0.25, -0.2) is 9.78 Å². The predicted octanol–water partition coefficient (Wildman–Crippen LogP) is 6.50. The van der Waals surface area contributed by atoms with E-state index in [1.165, 1.54) is 6.07 Å². The van der Waals surface area contributed by atoms with Crippen molar-refractivity contribution in [2.45, 2.75) is 13.1 Å². The van der Waals surface area contributed by atoms with Crippen molar-refractivity contribution in [3.63, 3.8) is 0 Å². The summed E-state index contributed by atoms with van der Waals surface area (Å²) in [4.78, 5) is 27.8. The van der Waals surface area contributed by atoms with E-state index in [0.717, 1.165) is 34.9 Å². The van der Waals surface area contributed by atoms with Crippen LogP contribution in [0.1, 0.15) is 11.1 Å². The van der Waals surface area contributed by atoms with Crippen LogP contribution in [0.4, 0.5) is 35.2 Å². The first kappa shape index (κ1) is 23.8. The van der Waals surface area contributed by atoms with Gasteiger partial charge in [-0.2, -0.15) is 13.2 Å². The van der Waals surface area contributed by atoms with Crippen molar-refractivity contribution in [3.8, 4) is 11.1 Å². The first-order valence-electron chi connectivity index (χ1n) is 9.52. The number of carbonyl (C=O) groups excluding carboxylic acids is 2. The molecule has 0 aliphatic carbocycles. The Morgan fingerprint density at radius 3 is 2.33 bits per heavy atom. The highest BCUT2D eigenvalue weighted by atomic mass is 35.5. The SMILES string of the molecule is C=CC(=O)Nc1ccc(-c2ccc(NC(=O)Nc3ccc(Cl)c(C(F)(F)F)c3)c(C)c2)cn1. The Balaban J connectivity index is 1.70. The molecule has 3 aromatic rings. The molecule has 6 nitrogen and oxygen atoms in total. The fourth-order valence-electron chi connectivity index (χ4n) is 2.90. The molecular formula is C23H18ClF3N4O2. The highest BCUT2D eigenvalue weighted by Crippen LogP contribution is 2.36. The third kappa shape index (κ3) is 6.11. The minimum Gasteiger partial charge on any atom is -0.308 e. The highest BCUT2D eigenvalue weighted by Gasteiger charge is 2.33. The first-order valence-corrected chi connectivity index (χ1v) is 9.90. The fraction of sp³-hybridized carbons (Fsp3) is 0.0870. The van der Waals surface area contributed by atoms with E-state index in [1.54, 1.807) is 37.4 Å². The molecule has 1 aromatic heterocycles. The molecule has 1 heterocycles. The molecule has 170 valence electrons. The number of hydrogen-bond donors (Lipinski definition) is 3. The molecule has 0 atom stereocenters. The summed E-state index contributed by atoms with van der Waals surface area (Å²) in [7, 11) is 0. The van der Waals surface area contributed by atoms with Gasteiger partial charge in [0, 0.05) is 23.1 Å². The Morgan fingerprint density at radius 1 is 1.00 bits per heavy atom. The molecule has 3 rings (SSSR count). The lowest BCUT2D eigenvalue weighted by Crippen LogP contribution is -2.20. The van der Waals surface area contributed by atoms with Crippen molar-refractivity contribution in [1.29, 1.82) is 0 Å². The van der Waals surface area contributed by atoms with Gasteiger partial charge in [-0.3, -0.25) is 4.79 Å². The van der Waals surface area contributed by atoms with Crippen molar-refractivity contribution >= 4 is 40.7 Å². The number of urea groups is 1. The van der Waals surface area contributed by atoms with Crippen molar-refractivity contribution in [1.82, 2.24) is 4.98 Å². The maximum Gasteiger partial charge on any atom is 0.417 e. The van der Waals surface area contributed by atoms with Crippen LogP contribution < -0.4 is 16.0 Å². The molecule has 10 heteroatoms. The average Bonchev–Trinajstić information content (AvgIpc) is 2.76. The summed E-state index contributed by atoms with van der Waals surface area (Å²) in [5.41, 5.74) is 1.72. The summed E-state index contributed by atoms with van der Waals surface area (Å²) in [6, 6.07) is 11.1.